The summed E-state index contributed by atoms with van der Waals surface area (Å²) < 4.78 is 0. The zero-order valence-electron chi connectivity index (χ0n) is 4.76. The highest BCUT2D eigenvalue weighted by molar-refractivity contribution is 7.08. The van der Waals surface area contributed by atoms with Crippen molar-refractivity contribution in [2.24, 2.45) is 0 Å². The highest BCUT2D eigenvalue weighted by atomic mass is 32.1. The van der Waals surface area contributed by atoms with Gasteiger partial charge in [0.2, 0.25) is 6.29 Å². The van der Waals surface area contributed by atoms with Gasteiger partial charge >= 0.3 is 0 Å². The first-order chi connectivity index (χ1) is 4.43. The minimum Gasteiger partial charge on any atom is -0.377 e. The average Bonchev–Trinajstić information content (AvgIpc) is 2.34. The first-order valence-corrected chi connectivity index (χ1v) is 3.49. The summed E-state index contributed by atoms with van der Waals surface area (Å²) in [5, 5.41) is 6.75. The van der Waals surface area contributed by atoms with Crippen molar-refractivity contribution in [3.63, 3.8) is 0 Å². The molecule has 0 unspecified atom stereocenters. The molecule has 0 aliphatic carbocycles. The lowest BCUT2D eigenvalue weighted by molar-refractivity contribution is 0.557. The molecule has 1 rings (SSSR count). The van der Waals surface area contributed by atoms with Crippen molar-refractivity contribution in [1.82, 2.24) is 0 Å². The van der Waals surface area contributed by atoms with Gasteiger partial charge in [-0.2, -0.15) is 11.3 Å². The number of rotatable bonds is 3. The largest absolute Gasteiger partial charge is 0.377 e. The molecule has 9 heavy (non-hydrogen) atoms. The van der Waals surface area contributed by atoms with Crippen molar-refractivity contribution in [1.29, 1.82) is 0 Å². The fraction of sp³-hybridized carbons (Fsp3) is 0.167. The first kappa shape index (κ1) is 6.29. The van der Waals surface area contributed by atoms with Gasteiger partial charge in [0.15, 0.2) is 0 Å². The summed E-state index contributed by atoms with van der Waals surface area (Å²) in [6, 6.07) is 1.92. The summed E-state index contributed by atoms with van der Waals surface area (Å²) in [4.78, 5) is 9.72. The maximum absolute atomic E-state index is 9.72. The number of hydrogen-bond donors (Lipinski definition) is 1. The SMILES string of the molecule is O=[C]CNc1ccsc1. The molecule has 1 N–H and O–H groups in total. The van der Waals surface area contributed by atoms with Crippen LogP contribution in [0.1, 0.15) is 0 Å². The van der Waals surface area contributed by atoms with Crippen LogP contribution in [0.2, 0.25) is 0 Å². The van der Waals surface area contributed by atoms with Crippen LogP contribution < -0.4 is 5.32 Å². The molecule has 1 radical (unpaired) electrons. The molecule has 0 atom stereocenters. The second-order valence-electron chi connectivity index (χ2n) is 1.51. The fourth-order valence-electron chi connectivity index (χ4n) is 0.503. The van der Waals surface area contributed by atoms with E-state index in [0.717, 1.165) is 5.69 Å². The number of thiophene rings is 1. The van der Waals surface area contributed by atoms with Crippen LogP contribution in [0, 0.1) is 0 Å². The van der Waals surface area contributed by atoms with Gasteiger partial charge in [0.05, 0.1) is 6.54 Å². The molecule has 0 saturated heterocycles. The minimum absolute atomic E-state index is 0.275. The normalized spacial score (nSPS) is 8.89. The Morgan fingerprint density at radius 2 is 2.67 bits per heavy atom. The van der Waals surface area contributed by atoms with Crippen molar-refractivity contribution in [2.75, 3.05) is 11.9 Å². The lowest BCUT2D eigenvalue weighted by atomic mass is 10.5. The first-order valence-electron chi connectivity index (χ1n) is 2.54. The Kier molecular flexibility index (Phi) is 2.27. The molecule has 3 heteroatoms. The Bertz CT molecular complexity index is 171. The number of hydrogen-bond acceptors (Lipinski definition) is 3. The monoisotopic (exact) mass is 140 g/mol. The third-order valence-electron chi connectivity index (χ3n) is 0.886. The van der Waals surface area contributed by atoms with Crippen molar-refractivity contribution in [2.45, 2.75) is 0 Å². The second kappa shape index (κ2) is 3.25. The Balaban J connectivity index is 2.38. The quantitative estimate of drug-likeness (QED) is 0.685. The van der Waals surface area contributed by atoms with E-state index in [0.29, 0.717) is 0 Å². The summed E-state index contributed by atoms with van der Waals surface area (Å²) in [7, 11) is 0. The highest BCUT2D eigenvalue weighted by Crippen LogP contribution is 2.10. The molecule has 0 saturated carbocycles. The van der Waals surface area contributed by atoms with Gasteiger partial charge in [-0.1, -0.05) is 0 Å². The smallest absolute Gasteiger partial charge is 0.219 e. The van der Waals surface area contributed by atoms with Gasteiger partial charge in [-0.15, -0.1) is 0 Å². The Labute approximate surface area is 57.5 Å². The van der Waals surface area contributed by atoms with Crippen molar-refractivity contribution >= 4 is 23.3 Å². The van der Waals surface area contributed by atoms with Crippen LogP contribution in [0.15, 0.2) is 16.8 Å². The van der Waals surface area contributed by atoms with E-state index < -0.39 is 0 Å². The van der Waals surface area contributed by atoms with Gasteiger partial charge in [-0.25, -0.2) is 0 Å². The van der Waals surface area contributed by atoms with E-state index >= 15 is 0 Å². The molecule has 1 heterocycles. The predicted octanol–water partition coefficient (Wildman–Crippen LogP) is 1.27. The van der Waals surface area contributed by atoms with Crippen LogP contribution in [0.3, 0.4) is 0 Å². The standard InChI is InChI=1S/C6H6NOS/c8-3-2-7-6-1-4-9-5-6/h1,4-5,7H,2H2. The molecule has 0 spiro atoms. The predicted molar refractivity (Wildman–Crippen MR) is 38.5 cm³/mol. The molecule has 0 bridgehead atoms. The minimum atomic E-state index is 0.275. The number of nitrogens with one attached hydrogen (secondary N) is 1. The molecule has 0 aliphatic rings. The maximum Gasteiger partial charge on any atom is 0.219 e. The van der Waals surface area contributed by atoms with Crippen LogP contribution in [-0.4, -0.2) is 12.8 Å². The van der Waals surface area contributed by atoms with Crippen molar-refractivity contribution < 1.29 is 4.79 Å². The average molecular weight is 140 g/mol. The Hall–Kier alpha value is -0.830. The zero-order valence-corrected chi connectivity index (χ0v) is 5.57. The topological polar surface area (TPSA) is 29.1 Å². The van der Waals surface area contributed by atoms with Gasteiger partial charge < -0.3 is 5.32 Å². The molecular weight excluding hydrogens is 134 g/mol. The molecule has 0 amide bonds. The van der Waals surface area contributed by atoms with Crippen molar-refractivity contribution in [3.8, 4) is 0 Å². The van der Waals surface area contributed by atoms with Crippen LogP contribution in [0.4, 0.5) is 5.69 Å². The van der Waals surface area contributed by atoms with E-state index in [1.54, 1.807) is 17.6 Å². The van der Waals surface area contributed by atoms with Gasteiger partial charge in [-0.05, 0) is 11.4 Å². The Morgan fingerprint density at radius 1 is 1.78 bits per heavy atom. The van der Waals surface area contributed by atoms with Crippen molar-refractivity contribution in [3.05, 3.63) is 16.8 Å². The molecule has 0 aliphatic heterocycles. The van der Waals surface area contributed by atoms with Crippen LogP contribution in [0.25, 0.3) is 0 Å². The fourth-order valence-corrected chi connectivity index (χ4v) is 1.12. The zero-order chi connectivity index (χ0) is 6.53. The third-order valence-corrected chi connectivity index (χ3v) is 1.57. The summed E-state index contributed by atoms with van der Waals surface area (Å²) in [5.74, 6) is 0. The molecule has 2 nitrogen and oxygen atoms in total. The third kappa shape index (κ3) is 1.85. The van der Waals surface area contributed by atoms with Crippen LogP contribution >= 0.6 is 11.3 Å². The molecule has 1 aromatic rings. The molecule has 0 aromatic carbocycles. The Morgan fingerprint density at radius 3 is 3.22 bits per heavy atom. The molecule has 47 valence electrons. The second-order valence-corrected chi connectivity index (χ2v) is 2.29. The lowest BCUT2D eigenvalue weighted by Crippen LogP contribution is -1.99. The van der Waals surface area contributed by atoms with E-state index in [1.165, 1.54) is 0 Å². The summed E-state index contributed by atoms with van der Waals surface area (Å²) in [6.07, 6.45) is 1.75. The highest BCUT2D eigenvalue weighted by Gasteiger charge is 1.87. The summed E-state index contributed by atoms with van der Waals surface area (Å²) in [6.45, 7) is 0.275. The number of anilines is 1. The van der Waals surface area contributed by atoms with E-state index in [1.807, 2.05) is 16.8 Å². The molecule has 1 aromatic heterocycles. The van der Waals surface area contributed by atoms with E-state index in [2.05, 4.69) is 5.32 Å². The van der Waals surface area contributed by atoms with Crippen LogP contribution in [0.5, 0.6) is 0 Å². The van der Waals surface area contributed by atoms with Gasteiger partial charge in [0.25, 0.3) is 0 Å². The van der Waals surface area contributed by atoms with Crippen LogP contribution in [-0.2, 0) is 4.79 Å². The van der Waals surface area contributed by atoms with Gasteiger partial charge in [0, 0.05) is 11.1 Å². The van der Waals surface area contributed by atoms with E-state index in [9.17, 15) is 4.79 Å². The lowest BCUT2D eigenvalue weighted by Gasteiger charge is -1.92. The molecular formula is C6H6NOS. The van der Waals surface area contributed by atoms with E-state index in [4.69, 9.17) is 0 Å². The van der Waals surface area contributed by atoms with Gasteiger partial charge in [0.1, 0.15) is 0 Å². The maximum atomic E-state index is 9.72. The van der Waals surface area contributed by atoms with Gasteiger partial charge in [-0.3, -0.25) is 4.79 Å². The molecule has 0 fully saturated rings. The van der Waals surface area contributed by atoms with E-state index in [-0.39, 0.29) is 6.54 Å². The summed E-state index contributed by atoms with van der Waals surface area (Å²) in [5.41, 5.74) is 0.989. The number of carbonyl (C=O) groups excluding carboxylic acids is 1. The summed E-state index contributed by atoms with van der Waals surface area (Å²) >= 11 is 1.60.